The number of aliphatic hydroxyl groups is 1. The summed E-state index contributed by atoms with van der Waals surface area (Å²) < 4.78 is 0. The van der Waals surface area contributed by atoms with Gasteiger partial charge in [-0.3, -0.25) is 4.79 Å². The molecule has 1 fully saturated rings. The molecule has 0 bridgehead atoms. The molecule has 4 heteroatoms. The highest BCUT2D eigenvalue weighted by Crippen LogP contribution is 2.31. The van der Waals surface area contributed by atoms with E-state index in [1.54, 1.807) is 0 Å². The Bertz CT molecular complexity index is 247. The van der Waals surface area contributed by atoms with Crippen molar-refractivity contribution in [2.45, 2.75) is 63.9 Å². The summed E-state index contributed by atoms with van der Waals surface area (Å²) in [5.41, 5.74) is -0.506. The Balaban J connectivity index is 1.98. The Morgan fingerprint density at radius 1 is 1.28 bits per heavy atom. The number of hydrogen-bond acceptors (Lipinski definition) is 3. The van der Waals surface area contributed by atoms with Gasteiger partial charge in [0, 0.05) is 13.0 Å². The summed E-state index contributed by atoms with van der Waals surface area (Å²) in [7, 11) is 0. The number of nitrogens with one attached hydrogen (secondary N) is 1. The molecule has 0 spiro atoms. The first-order chi connectivity index (χ1) is 8.52. The molecule has 1 rings (SSSR count). The summed E-state index contributed by atoms with van der Waals surface area (Å²) in [6, 6.07) is 0. The Morgan fingerprint density at radius 3 is 2.56 bits per heavy atom. The molecule has 1 aliphatic rings. The second-order valence-corrected chi connectivity index (χ2v) is 5.79. The minimum atomic E-state index is -0.714. The zero-order valence-electron chi connectivity index (χ0n) is 11.5. The Kier molecular flexibility index (Phi) is 6.65. The summed E-state index contributed by atoms with van der Waals surface area (Å²) in [5, 5.41) is 22.1. The summed E-state index contributed by atoms with van der Waals surface area (Å²) in [6.07, 6.45) is 6.99. The van der Waals surface area contributed by atoms with Crippen molar-refractivity contribution < 1.29 is 15.0 Å². The van der Waals surface area contributed by atoms with Crippen LogP contribution in [0.2, 0.25) is 0 Å². The first kappa shape index (κ1) is 15.4. The largest absolute Gasteiger partial charge is 0.481 e. The van der Waals surface area contributed by atoms with Crippen molar-refractivity contribution >= 4 is 5.97 Å². The third-order valence-corrected chi connectivity index (χ3v) is 3.90. The number of hydrogen-bond donors (Lipinski definition) is 3. The predicted molar refractivity (Wildman–Crippen MR) is 71.6 cm³/mol. The molecule has 0 heterocycles. The topological polar surface area (TPSA) is 69.6 Å². The highest BCUT2D eigenvalue weighted by atomic mass is 16.4. The Morgan fingerprint density at radius 2 is 1.94 bits per heavy atom. The van der Waals surface area contributed by atoms with Gasteiger partial charge < -0.3 is 15.5 Å². The predicted octanol–water partition coefficient (Wildman–Crippen LogP) is 2.16. The van der Waals surface area contributed by atoms with Crippen molar-refractivity contribution in [1.82, 2.24) is 5.32 Å². The van der Waals surface area contributed by atoms with Gasteiger partial charge in [0.25, 0.3) is 0 Å². The zero-order valence-corrected chi connectivity index (χ0v) is 11.5. The lowest BCUT2D eigenvalue weighted by molar-refractivity contribution is -0.137. The maximum Gasteiger partial charge on any atom is 0.303 e. The SMILES string of the molecule is CC1CCC(O)(CNCCCCCC(=O)O)CC1. The number of aliphatic carboxylic acids is 1. The van der Waals surface area contributed by atoms with Crippen LogP contribution in [0.15, 0.2) is 0 Å². The molecule has 0 saturated heterocycles. The van der Waals surface area contributed by atoms with Crippen LogP contribution in [-0.4, -0.2) is 34.9 Å². The van der Waals surface area contributed by atoms with Gasteiger partial charge in [-0.2, -0.15) is 0 Å². The van der Waals surface area contributed by atoms with E-state index in [-0.39, 0.29) is 6.42 Å². The summed E-state index contributed by atoms with van der Waals surface area (Å²) in [6.45, 7) is 3.80. The van der Waals surface area contributed by atoms with Crippen LogP contribution < -0.4 is 5.32 Å². The molecule has 0 atom stereocenters. The maximum atomic E-state index is 10.3. The van der Waals surface area contributed by atoms with E-state index >= 15 is 0 Å². The number of carboxylic acid groups (broad SMARTS) is 1. The molecular formula is C14H27NO3. The third kappa shape index (κ3) is 6.36. The van der Waals surface area contributed by atoms with Crippen molar-refractivity contribution in [3.8, 4) is 0 Å². The number of rotatable bonds is 8. The van der Waals surface area contributed by atoms with E-state index in [0.717, 1.165) is 57.4 Å². The summed E-state index contributed by atoms with van der Waals surface area (Å²) in [4.78, 5) is 10.3. The molecule has 1 aliphatic carbocycles. The molecule has 0 unspecified atom stereocenters. The van der Waals surface area contributed by atoms with E-state index in [2.05, 4.69) is 12.2 Å². The standard InChI is InChI=1S/C14H27NO3/c1-12-6-8-14(18,9-7-12)11-15-10-4-2-3-5-13(16)17/h12,15,18H,2-11H2,1H3,(H,16,17). The van der Waals surface area contributed by atoms with E-state index in [1.165, 1.54) is 0 Å². The van der Waals surface area contributed by atoms with Crippen molar-refractivity contribution in [3.63, 3.8) is 0 Å². The third-order valence-electron chi connectivity index (χ3n) is 3.90. The first-order valence-electron chi connectivity index (χ1n) is 7.17. The Labute approximate surface area is 110 Å². The van der Waals surface area contributed by atoms with Gasteiger partial charge in [-0.1, -0.05) is 13.3 Å². The highest BCUT2D eigenvalue weighted by molar-refractivity contribution is 5.66. The lowest BCUT2D eigenvalue weighted by Gasteiger charge is -2.35. The van der Waals surface area contributed by atoms with E-state index in [1.807, 2.05) is 0 Å². The minimum Gasteiger partial charge on any atom is -0.481 e. The van der Waals surface area contributed by atoms with Gasteiger partial charge in [-0.25, -0.2) is 0 Å². The fourth-order valence-electron chi connectivity index (χ4n) is 2.50. The van der Waals surface area contributed by atoms with E-state index < -0.39 is 11.6 Å². The molecule has 3 N–H and O–H groups in total. The number of carboxylic acids is 1. The lowest BCUT2D eigenvalue weighted by atomic mass is 9.79. The van der Waals surface area contributed by atoms with Gasteiger partial charge in [0.15, 0.2) is 0 Å². The Hall–Kier alpha value is -0.610. The number of carbonyl (C=O) groups is 1. The van der Waals surface area contributed by atoms with Gasteiger partial charge in [0.05, 0.1) is 5.60 Å². The van der Waals surface area contributed by atoms with Crippen LogP contribution in [0, 0.1) is 5.92 Å². The lowest BCUT2D eigenvalue weighted by Crippen LogP contribution is -2.43. The van der Waals surface area contributed by atoms with Crippen LogP contribution in [0.5, 0.6) is 0 Å². The average Bonchev–Trinajstić information content (AvgIpc) is 2.32. The quantitative estimate of drug-likeness (QED) is 0.583. The molecule has 0 aromatic rings. The van der Waals surface area contributed by atoms with Gasteiger partial charge in [-0.05, 0) is 51.0 Å². The highest BCUT2D eigenvalue weighted by Gasteiger charge is 2.30. The van der Waals surface area contributed by atoms with Crippen molar-refractivity contribution in [1.29, 1.82) is 0 Å². The second-order valence-electron chi connectivity index (χ2n) is 5.79. The molecule has 0 amide bonds. The fraction of sp³-hybridized carbons (Fsp3) is 0.929. The molecule has 0 aliphatic heterocycles. The molecule has 0 aromatic carbocycles. The van der Waals surface area contributed by atoms with Crippen LogP contribution in [0.1, 0.15) is 58.3 Å². The molecule has 18 heavy (non-hydrogen) atoms. The number of unbranched alkanes of at least 4 members (excludes halogenated alkanes) is 2. The average molecular weight is 257 g/mol. The molecule has 1 saturated carbocycles. The zero-order chi connectivity index (χ0) is 13.4. The maximum absolute atomic E-state index is 10.3. The van der Waals surface area contributed by atoms with Crippen LogP contribution >= 0.6 is 0 Å². The molecular weight excluding hydrogens is 230 g/mol. The normalized spacial score (nSPS) is 28.2. The van der Waals surface area contributed by atoms with Crippen molar-refractivity contribution in [2.24, 2.45) is 5.92 Å². The van der Waals surface area contributed by atoms with Crippen LogP contribution in [0.4, 0.5) is 0 Å². The van der Waals surface area contributed by atoms with E-state index in [9.17, 15) is 9.90 Å². The monoisotopic (exact) mass is 257 g/mol. The van der Waals surface area contributed by atoms with E-state index in [0.29, 0.717) is 6.54 Å². The molecule has 0 aromatic heterocycles. The van der Waals surface area contributed by atoms with Crippen molar-refractivity contribution in [2.75, 3.05) is 13.1 Å². The van der Waals surface area contributed by atoms with Crippen LogP contribution in [0.25, 0.3) is 0 Å². The minimum absolute atomic E-state index is 0.266. The van der Waals surface area contributed by atoms with Gasteiger partial charge >= 0.3 is 5.97 Å². The summed E-state index contributed by atoms with van der Waals surface area (Å²) in [5.74, 6) is 0.0369. The van der Waals surface area contributed by atoms with Crippen LogP contribution in [0.3, 0.4) is 0 Å². The van der Waals surface area contributed by atoms with Gasteiger partial charge in [0.1, 0.15) is 0 Å². The van der Waals surface area contributed by atoms with Crippen molar-refractivity contribution in [3.05, 3.63) is 0 Å². The smallest absolute Gasteiger partial charge is 0.303 e. The molecule has 4 nitrogen and oxygen atoms in total. The van der Waals surface area contributed by atoms with Gasteiger partial charge in [0.2, 0.25) is 0 Å². The molecule has 106 valence electrons. The van der Waals surface area contributed by atoms with Gasteiger partial charge in [-0.15, -0.1) is 0 Å². The summed E-state index contributed by atoms with van der Waals surface area (Å²) >= 11 is 0. The van der Waals surface area contributed by atoms with Crippen LogP contribution in [-0.2, 0) is 4.79 Å². The second kappa shape index (κ2) is 7.74. The molecule has 0 radical (unpaired) electrons. The first-order valence-corrected chi connectivity index (χ1v) is 7.17. The fourth-order valence-corrected chi connectivity index (χ4v) is 2.50. The van der Waals surface area contributed by atoms with E-state index in [4.69, 9.17) is 5.11 Å².